The van der Waals surface area contributed by atoms with Crippen LogP contribution >= 0.6 is 0 Å². The molecule has 6 nitrogen and oxygen atoms in total. The highest BCUT2D eigenvalue weighted by Gasteiger charge is 2.00. The molecular formula is C15H16N4O2. The maximum absolute atomic E-state index is 8.81. The molecule has 0 saturated heterocycles. The van der Waals surface area contributed by atoms with Gasteiger partial charge in [0.25, 0.3) is 0 Å². The normalized spacial score (nSPS) is 10.1. The third kappa shape index (κ3) is 4.84. The number of nitrogens with zero attached hydrogens (tertiary/aromatic N) is 3. The number of hydrogen-bond donors (Lipinski definition) is 1. The first-order valence-corrected chi connectivity index (χ1v) is 6.46. The first kappa shape index (κ1) is 14.9. The first-order chi connectivity index (χ1) is 10.3. The van der Waals surface area contributed by atoms with Crippen molar-refractivity contribution in [2.75, 3.05) is 25.6 Å². The largest absolute Gasteiger partial charge is 0.382 e. The molecule has 0 amide bonds. The van der Waals surface area contributed by atoms with Crippen LogP contribution in [0, 0.1) is 11.3 Å². The fourth-order valence-electron chi connectivity index (χ4n) is 1.70. The van der Waals surface area contributed by atoms with Crippen LogP contribution in [-0.4, -0.2) is 30.3 Å². The van der Waals surface area contributed by atoms with Crippen molar-refractivity contribution in [2.24, 2.45) is 0 Å². The zero-order chi connectivity index (χ0) is 14.9. The van der Waals surface area contributed by atoms with Gasteiger partial charge in [-0.25, -0.2) is 4.98 Å². The van der Waals surface area contributed by atoms with Gasteiger partial charge in [0.05, 0.1) is 32.2 Å². The third-order valence-electron chi connectivity index (χ3n) is 2.65. The molecular weight excluding hydrogens is 268 g/mol. The lowest BCUT2D eigenvalue weighted by Gasteiger charge is -2.08. The molecule has 2 rings (SSSR count). The van der Waals surface area contributed by atoms with E-state index in [2.05, 4.69) is 15.3 Å². The smallest absolute Gasteiger partial charge is 0.161 e. The lowest BCUT2D eigenvalue weighted by atomic mass is 10.2. The topological polar surface area (TPSA) is 80.1 Å². The maximum Gasteiger partial charge on any atom is 0.161 e. The van der Waals surface area contributed by atoms with E-state index in [1.807, 2.05) is 30.3 Å². The van der Waals surface area contributed by atoms with Crippen LogP contribution < -0.4 is 5.32 Å². The number of nitrogens with one attached hydrogen (secondary N) is 1. The molecule has 21 heavy (non-hydrogen) atoms. The molecule has 0 unspecified atom stereocenters. The van der Waals surface area contributed by atoms with E-state index in [9.17, 15) is 0 Å². The van der Waals surface area contributed by atoms with E-state index in [0.29, 0.717) is 25.6 Å². The van der Waals surface area contributed by atoms with E-state index >= 15 is 0 Å². The van der Waals surface area contributed by atoms with Crippen LogP contribution in [-0.2, 0) is 16.1 Å². The molecule has 0 aliphatic heterocycles. The van der Waals surface area contributed by atoms with Crippen molar-refractivity contribution in [1.29, 1.82) is 5.26 Å². The van der Waals surface area contributed by atoms with Crippen LogP contribution in [0.15, 0.2) is 36.7 Å². The van der Waals surface area contributed by atoms with E-state index in [0.717, 1.165) is 11.3 Å². The highest BCUT2D eigenvalue weighted by molar-refractivity contribution is 5.56. The van der Waals surface area contributed by atoms with Gasteiger partial charge in [-0.15, -0.1) is 0 Å². The van der Waals surface area contributed by atoms with E-state index in [1.165, 1.54) is 6.20 Å². The van der Waals surface area contributed by atoms with Gasteiger partial charge in [0.15, 0.2) is 5.69 Å². The Bertz CT molecular complexity index is 625. The van der Waals surface area contributed by atoms with Crippen molar-refractivity contribution in [3.63, 3.8) is 0 Å². The van der Waals surface area contributed by atoms with Gasteiger partial charge >= 0.3 is 0 Å². The minimum atomic E-state index is 0.277. The number of aromatic nitrogens is 2. The molecule has 1 heterocycles. The Labute approximate surface area is 123 Å². The van der Waals surface area contributed by atoms with E-state index in [-0.39, 0.29) is 5.69 Å². The Morgan fingerprint density at radius 1 is 1.29 bits per heavy atom. The monoisotopic (exact) mass is 284 g/mol. The Hall–Kier alpha value is -2.49. The SMILES string of the molecule is COCCOCc1cccc(Nc2cncc(C#N)n2)c1. The van der Waals surface area contributed by atoms with Crippen LogP contribution in [0.4, 0.5) is 11.5 Å². The van der Waals surface area contributed by atoms with Gasteiger partial charge in [-0.2, -0.15) is 5.26 Å². The summed E-state index contributed by atoms with van der Waals surface area (Å²) in [5.74, 6) is 0.534. The quantitative estimate of drug-likeness (QED) is 0.785. The van der Waals surface area contributed by atoms with Crippen LogP contribution in [0.25, 0.3) is 0 Å². The molecule has 1 aromatic heterocycles. The van der Waals surface area contributed by atoms with Gasteiger partial charge in [0.2, 0.25) is 0 Å². The van der Waals surface area contributed by atoms with Crippen LogP contribution in [0.5, 0.6) is 0 Å². The van der Waals surface area contributed by atoms with Gasteiger partial charge in [-0.05, 0) is 17.7 Å². The average Bonchev–Trinajstić information content (AvgIpc) is 2.52. The Morgan fingerprint density at radius 3 is 3.00 bits per heavy atom. The number of nitriles is 1. The van der Waals surface area contributed by atoms with Crippen molar-refractivity contribution < 1.29 is 9.47 Å². The Morgan fingerprint density at radius 2 is 2.19 bits per heavy atom. The molecule has 0 atom stereocenters. The van der Waals surface area contributed by atoms with Crippen molar-refractivity contribution in [1.82, 2.24) is 9.97 Å². The van der Waals surface area contributed by atoms with Crippen molar-refractivity contribution in [3.05, 3.63) is 47.9 Å². The molecule has 0 radical (unpaired) electrons. The number of rotatable bonds is 7. The van der Waals surface area contributed by atoms with E-state index < -0.39 is 0 Å². The molecule has 2 aromatic rings. The summed E-state index contributed by atoms with van der Waals surface area (Å²) in [6.07, 6.45) is 2.99. The number of methoxy groups -OCH3 is 1. The molecule has 0 saturated carbocycles. The molecule has 1 N–H and O–H groups in total. The van der Waals surface area contributed by atoms with Crippen LogP contribution in [0.3, 0.4) is 0 Å². The summed E-state index contributed by atoms with van der Waals surface area (Å²) in [6, 6.07) is 9.75. The number of ether oxygens (including phenoxy) is 2. The summed E-state index contributed by atoms with van der Waals surface area (Å²) in [7, 11) is 1.64. The number of hydrogen-bond acceptors (Lipinski definition) is 6. The number of anilines is 2. The zero-order valence-corrected chi connectivity index (χ0v) is 11.7. The van der Waals surface area contributed by atoms with Crippen molar-refractivity contribution in [3.8, 4) is 6.07 Å². The highest BCUT2D eigenvalue weighted by atomic mass is 16.5. The van der Waals surface area contributed by atoms with Crippen molar-refractivity contribution >= 4 is 11.5 Å². The lowest BCUT2D eigenvalue weighted by Crippen LogP contribution is -2.02. The molecule has 0 aliphatic rings. The Balaban J connectivity index is 1.98. The molecule has 0 bridgehead atoms. The Kier molecular flexibility index (Phi) is 5.64. The van der Waals surface area contributed by atoms with Gasteiger partial charge in [0.1, 0.15) is 11.9 Å². The average molecular weight is 284 g/mol. The summed E-state index contributed by atoms with van der Waals surface area (Å²) < 4.78 is 10.4. The van der Waals surface area contributed by atoms with E-state index in [4.69, 9.17) is 14.7 Å². The third-order valence-corrected chi connectivity index (χ3v) is 2.65. The zero-order valence-electron chi connectivity index (χ0n) is 11.7. The standard InChI is InChI=1S/C15H16N4O2/c1-20-5-6-21-11-12-3-2-4-13(7-12)18-15-10-17-9-14(8-16)19-15/h2-4,7,9-10H,5-6,11H2,1H3,(H,18,19). The minimum Gasteiger partial charge on any atom is -0.382 e. The predicted molar refractivity (Wildman–Crippen MR) is 78.0 cm³/mol. The second kappa shape index (κ2) is 7.94. The van der Waals surface area contributed by atoms with Crippen molar-refractivity contribution in [2.45, 2.75) is 6.61 Å². The number of benzene rings is 1. The maximum atomic E-state index is 8.81. The molecule has 0 spiro atoms. The fraction of sp³-hybridized carbons (Fsp3) is 0.267. The van der Waals surface area contributed by atoms with Gasteiger partial charge in [-0.1, -0.05) is 12.1 Å². The lowest BCUT2D eigenvalue weighted by molar-refractivity contribution is 0.0617. The fourth-order valence-corrected chi connectivity index (χ4v) is 1.70. The van der Waals surface area contributed by atoms with Crippen LogP contribution in [0.1, 0.15) is 11.3 Å². The van der Waals surface area contributed by atoms with Gasteiger partial charge in [-0.3, -0.25) is 4.98 Å². The summed E-state index contributed by atoms with van der Waals surface area (Å²) in [5, 5.41) is 11.9. The summed E-state index contributed by atoms with van der Waals surface area (Å²) in [6.45, 7) is 1.65. The predicted octanol–water partition coefficient (Wildman–Crippen LogP) is 2.25. The molecule has 6 heteroatoms. The van der Waals surface area contributed by atoms with Gasteiger partial charge < -0.3 is 14.8 Å². The highest BCUT2D eigenvalue weighted by Crippen LogP contribution is 2.16. The first-order valence-electron chi connectivity index (χ1n) is 6.46. The summed E-state index contributed by atoms with van der Waals surface area (Å²) in [5.41, 5.74) is 2.19. The minimum absolute atomic E-state index is 0.277. The van der Waals surface area contributed by atoms with E-state index in [1.54, 1.807) is 13.3 Å². The molecule has 1 aromatic carbocycles. The molecule has 108 valence electrons. The summed E-state index contributed by atoms with van der Waals surface area (Å²) >= 11 is 0. The summed E-state index contributed by atoms with van der Waals surface area (Å²) in [4.78, 5) is 8.08. The molecule has 0 fully saturated rings. The van der Waals surface area contributed by atoms with Gasteiger partial charge in [0, 0.05) is 12.8 Å². The second-order valence-electron chi connectivity index (χ2n) is 4.27. The van der Waals surface area contributed by atoms with Crippen LogP contribution in [0.2, 0.25) is 0 Å². The second-order valence-corrected chi connectivity index (χ2v) is 4.27. The molecule has 0 aliphatic carbocycles.